The third-order valence-electron chi connectivity index (χ3n) is 7.51. The van der Waals surface area contributed by atoms with Crippen molar-refractivity contribution in [2.75, 3.05) is 0 Å². The zero-order valence-corrected chi connectivity index (χ0v) is 22.7. The SMILES string of the molecule is CCn1cc(/C=c2\sc3n(c2=O)[C@H](c2ccc(Br)cc2)C2=C(N=3)c3ccccc3CC2)c2ccccc21. The van der Waals surface area contributed by atoms with E-state index in [4.69, 9.17) is 4.99 Å². The number of nitrogens with zero attached hydrogens (tertiary/aromatic N) is 3. The minimum absolute atomic E-state index is 0.0235. The molecule has 7 rings (SSSR count). The second-order valence-electron chi connectivity index (χ2n) is 9.55. The van der Waals surface area contributed by atoms with Crippen LogP contribution < -0.4 is 14.9 Å². The molecule has 0 N–H and O–H groups in total. The molecule has 6 heteroatoms. The number of hydrogen-bond donors (Lipinski definition) is 0. The molecule has 1 aliphatic carbocycles. The lowest BCUT2D eigenvalue weighted by atomic mass is 9.83. The number of fused-ring (bicyclic) bond motifs is 4. The molecule has 2 aliphatic rings. The fraction of sp³-hybridized carbons (Fsp3) is 0.161. The van der Waals surface area contributed by atoms with E-state index in [0.29, 0.717) is 4.53 Å². The standard InChI is InChI=1S/C31H24BrN3OS/c1-2-34-18-21(23-8-5-6-10-26(23)34)17-27-30(36)35-29(20-11-14-22(32)15-12-20)25-16-13-19-7-3-4-9-24(19)28(25)33-31(35)37-27/h3-12,14-15,17-18,29H,2,13,16H2,1H3/b27-17-/t29-/m1/s1. The van der Waals surface area contributed by atoms with Crippen LogP contribution in [-0.2, 0) is 13.0 Å². The summed E-state index contributed by atoms with van der Waals surface area (Å²) < 4.78 is 5.90. The molecule has 0 amide bonds. The van der Waals surface area contributed by atoms with Crippen LogP contribution in [0, 0.1) is 0 Å². The minimum Gasteiger partial charge on any atom is -0.347 e. The smallest absolute Gasteiger partial charge is 0.271 e. The van der Waals surface area contributed by atoms with E-state index in [1.54, 1.807) is 0 Å². The summed E-state index contributed by atoms with van der Waals surface area (Å²) in [6.45, 7) is 3.02. The summed E-state index contributed by atoms with van der Waals surface area (Å²) >= 11 is 5.06. The summed E-state index contributed by atoms with van der Waals surface area (Å²) in [7, 11) is 0. The molecular formula is C31H24BrN3OS. The Morgan fingerprint density at radius 2 is 1.81 bits per heavy atom. The number of thiazole rings is 1. The lowest BCUT2D eigenvalue weighted by molar-refractivity contribution is 0.585. The number of para-hydroxylation sites is 1. The Bertz CT molecular complexity index is 1910. The topological polar surface area (TPSA) is 39.3 Å². The Kier molecular flexibility index (Phi) is 5.41. The van der Waals surface area contributed by atoms with Crippen LogP contribution in [0.4, 0.5) is 0 Å². The average Bonchev–Trinajstić information content (AvgIpc) is 3.45. The van der Waals surface area contributed by atoms with Crippen LogP contribution in [0.15, 0.2) is 98.8 Å². The molecule has 0 fully saturated rings. The van der Waals surface area contributed by atoms with Crippen molar-refractivity contribution in [3.05, 3.63) is 131 Å². The van der Waals surface area contributed by atoms with Gasteiger partial charge in [0.1, 0.15) is 0 Å². The number of halogens is 1. The minimum atomic E-state index is -0.160. The second kappa shape index (κ2) is 8.82. The lowest BCUT2D eigenvalue weighted by Gasteiger charge is -2.30. The quantitative estimate of drug-likeness (QED) is 0.262. The first kappa shape index (κ1) is 22.7. The van der Waals surface area contributed by atoms with E-state index in [-0.39, 0.29) is 11.6 Å². The van der Waals surface area contributed by atoms with Gasteiger partial charge in [0, 0.05) is 39.2 Å². The Hall–Kier alpha value is -3.48. The van der Waals surface area contributed by atoms with Crippen LogP contribution >= 0.6 is 27.3 Å². The molecule has 4 nitrogen and oxygen atoms in total. The van der Waals surface area contributed by atoms with Crippen molar-refractivity contribution in [2.45, 2.75) is 32.4 Å². The Morgan fingerprint density at radius 3 is 2.65 bits per heavy atom. The van der Waals surface area contributed by atoms with E-state index in [2.05, 4.69) is 106 Å². The third kappa shape index (κ3) is 3.62. The first-order valence-electron chi connectivity index (χ1n) is 12.6. The molecule has 0 spiro atoms. The van der Waals surface area contributed by atoms with Crippen LogP contribution in [0.1, 0.15) is 41.6 Å². The van der Waals surface area contributed by atoms with E-state index in [0.717, 1.165) is 50.9 Å². The number of allylic oxidation sites excluding steroid dienone is 1. The third-order valence-corrected chi connectivity index (χ3v) is 9.02. The largest absolute Gasteiger partial charge is 0.347 e. The molecule has 0 saturated heterocycles. The van der Waals surface area contributed by atoms with Crippen LogP contribution in [0.25, 0.3) is 22.7 Å². The molecule has 0 saturated carbocycles. The highest BCUT2D eigenvalue weighted by Gasteiger charge is 2.32. The fourth-order valence-corrected chi connectivity index (χ4v) is 7.02. The van der Waals surface area contributed by atoms with Crippen LogP contribution in [0.2, 0.25) is 0 Å². The van der Waals surface area contributed by atoms with E-state index in [1.807, 2.05) is 10.6 Å². The van der Waals surface area contributed by atoms with Crippen molar-refractivity contribution < 1.29 is 0 Å². The molecule has 37 heavy (non-hydrogen) atoms. The molecule has 2 aromatic heterocycles. The van der Waals surface area contributed by atoms with Gasteiger partial charge in [-0.2, -0.15) is 0 Å². The second-order valence-corrected chi connectivity index (χ2v) is 11.5. The van der Waals surface area contributed by atoms with Gasteiger partial charge in [-0.15, -0.1) is 0 Å². The highest BCUT2D eigenvalue weighted by atomic mass is 79.9. The summed E-state index contributed by atoms with van der Waals surface area (Å²) in [5, 5.41) is 1.16. The van der Waals surface area contributed by atoms with Gasteiger partial charge in [0.15, 0.2) is 4.80 Å². The highest BCUT2D eigenvalue weighted by molar-refractivity contribution is 9.10. The van der Waals surface area contributed by atoms with E-state index >= 15 is 0 Å². The maximum atomic E-state index is 14.0. The Morgan fingerprint density at radius 1 is 1.03 bits per heavy atom. The average molecular weight is 567 g/mol. The van der Waals surface area contributed by atoms with Gasteiger partial charge < -0.3 is 4.57 Å². The number of hydrogen-bond acceptors (Lipinski definition) is 3. The number of benzene rings is 3. The van der Waals surface area contributed by atoms with Crippen LogP contribution in [0.5, 0.6) is 0 Å². The van der Waals surface area contributed by atoms with Gasteiger partial charge in [0.05, 0.1) is 16.3 Å². The molecule has 1 atom stereocenters. The zero-order valence-electron chi connectivity index (χ0n) is 20.3. The van der Waals surface area contributed by atoms with Crippen molar-refractivity contribution in [1.29, 1.82) is 0 Å². The van der Waals surface area contributed by atoms with E-state index < -0.39 is 0 Å². The van der Waals surface area contributed by atoms with Crippen molar-refractivity contribution in [1.82, 2.24) is 9.13 Å². The van der Waals surface area contributed by atoms with Gasteiger partial charge >= 0.3 is 0 Å². The molecule has 1 aliphatic heterocycles. The zero-order chi connectivity index (χ0) is 25.1. The molecule has 0 radical (unpaired) electrons. The summed E-state index contributed by atoms with van der Waals surface area (Å²) in [5.41, 5.74) is 8.16. The van der Waals surface area contributed by atoms with Gasteiger partial charge in [0.2, 0.25) is 0 Å². The summed E-state index contributed by atoms with van der Waals surface area (Å²) in [4.78, 5) is 19.9. The molecular weight excluding hydrogens is 542 g/mol. The highest BCUT2D eigenvalue weighted by Crippen LogP contribution is 2.41. The lowest BCUT2D eigenvalue weighted by Crippen LogP contribution is -2.38. The maximum Gasteiger partial charge on any atom is 0.271 e. The van der Waals surface area contributed by atoms with Crippen molar-refractivity contribution in [3.8, 4) is 0 Å². The monoisotopic (exact) mass is 565 g/mol. The fourth-order valence-electron chi connectivity index (χ4n) is 5.76. The van der Waals surface area contributed by atoms with Crippen molar-refractivity contribution in [2.24, 2.45) is 4.99 Å². The van der Waals surface area contributed by atoms with Crippen LogP contribution in [-0.4, -0.2) is 9.13 Å². The van der Waals surface area contributed by atoms with Gasteiger partial charge in [-0.05, 0) is 60.7 Å². The van der Waals surface area contributed by atoms with Crippen molar-refractivity contribution in [3.63, 3.8) is 0 Å². The number of aromatic nitrogens is 2. The first-order chi connectivity index (χ1) is 18.1. The predicted octanol–water partition coefficient (Wildman–Crippen LogP) is 6.06. The van der Waals surface area contributed by atoms with Gasteiger partial charge in [-0.1, -0.05) is 81.9 Å². The molecule has 0 bridgehead atoms. The van der Waals surface area contributed by atoms with E-state index in [9.17, 15) is 4.79 Å². The number of rotatable bonds is 3. The first-order valence-corrected chi connectivity index (χ1v) is 14.2. The van der Waals surface area contributed by atoms with Gasteiger partial charge in [-0.25, -0.2) is 4.99 Å². The molecule has 3 heterocycles. The van der Waals surface area contributed by atoms with Gasteiger partial charge in [0.25, 0.3) is 5.56 Å². The number of aryl methyl sites for hydroxylation is 2. The summed E-state index contributed by atoms with van der Waals surface area (Å²) in [5.74, 6) is 0. The van der Waals surface area contributed by atoms with E-state index in [1.165, 1.54) is 33.6 Å². The normalized spacial score (nSPS) is 16.9. The molecule has 182 valence electrons. The van der Waals surface area contributed by atoms with Crippen LogP contribution in [0.3, 0.4) is 0 Å². The summed E-state index contributed by atoms with van der Waals surface area (Å²) in [6.07, 6.45) is 6.05. The summed E-state index contributed by atoms with van der Waals surface area (Å²) in [6, 6.07) is 25.1. The Labute approximate surface area is 226 Å². The molecule has 3 aromatic carbocycles. The molecule has 0 unspecified atom stereocenters. The molecule has 5 aromatic rings. The van der Waals surface area contributed by atoms with Gasteiger partial charge in [-0.3, -0.25) is 9.36 Å². The van der Waals surface area contributed by atoms with Crippen molar-refractivity contribution >= 4 is 49.9 Å². The maximum absolute atomic E-state index is 14.0. The Balaban J connectivity index is 1.49. The predicted molar refractivity (Wildman–Crippen MR) is 155 cm³/mol.